The van der Waals surface area contributed by atoms with Crippen molar-refractivity contribution < 1.29 is 24.3 Å². The van der Waals surface area contributed by atoms with Crippen molar-refractivity contribution in [1.29, 1.82) is 0 Å². The number of carboxylic acids is 1. The number of benzene rings is 1. The number of carbonyl (C=O) groups is 4. The van der Waals surface area contributed by atoms with Gasteiger partial charge in [-0.2, -0.15) is 12.6 Å². The molecule has 4 atom stereocenters. The monoisotopic (exact) mass is 515 g/mol. The number of rotatable bonds is 12. The van der Waals surface area contributed by atoms with Crippen LogP contribution in [-0.2, 0) is 32.0 Å². The molecule has 3 aromatic rings. The number of nitrogens with two attached hydrogens (primary N) is 1. The van der Waals surface area contributed by atoms with Gasteiger partial charge in [0.2, 0.25) is 17.7 Å². The molecule has 8 N–H and O–H groups in total. The van der Waals surface area contributed by atoms with E-state index in [4.69, 9.17) is 5.73 Å². The number of fused-ring (bicyclic) bond motifs is 1. The predicted molar refractivity (Wildman–Crippen MR) is 135 cm³/mol. The third-order valence-corrected chi connectivity index (χ3v) is 6.00. The van der Waals surface area contributed by atoms with E-state index in [1.54, 1.807) is 6.20 Å². The summed E-state index contributed by atoms with van der Waals surface area (Å²) in [6, 6.07) is 3.14. The van der Waals surface area contributed by atoms with Crippen molar-refractivity contribution in [3.05, 3.63) is 54.2 Å². The van der Waals surface area contributed by atoms with Gasteiger partial charge in [0.1, 0.15) is 18.1 Å². The van der Waals surface area contributed by atoms with Crippen LogP contribution >= 0.6 is 12.6 Å². The van der Waals surface area contributed by atoms with Gasteiger partial charge in [-0.3, -0.25) is 19.2 Å². The van der Waals surface area contributed by atoms with Gasteiger partial charge in [0.15, 0.2) is 0 Å². The van der Waals surface area contributed by atoms with E-state index in [1.165, 1.54) is 19.4 Å². The fraction of sp³-hybridized carbons (Fsp3) is 0.348. The van der Waals surface area contributed by atoms with E-state index in [9.17, 15) is 24.3 Å². The van der Waals surface area contributed by atoms with Crippen molar-refractivity contribution in [3.8, 4) is 0 Å². The molecule has 1 aromatic carbocycles. The van der Waals surface area contributed by atoms with E-state index in [2.05, 4.69) is 43.5 Å². The number of nitrogens with zero attached hydrogens (tertiary/aromatic N) is 1. The number of aromatic nitrogens is 3. The van der Waals surface area contributed by atoms with Gasteiger partial charge in [-0.15, -0.1) is 0 Å². The van der Waals surface area contributed by atoms with Crippen LogP contribution in [-0.4, -0.2) is 73.7 Å². The minimum absolute atomic E-state index is 0.0593. The summed E-state index contributed by atoms with van der Waals surface area (Å²) in [6.07, 6.45) is 4.81. The fourth-order valence-electron chi connectivity index (χ4n) is 3.56. The number of aromatic amines is 2. The molecule has 0 saturated carbocycles. The molecule has 2 heterocycles. The zero-order chi connectivity index (χ0) is 26.2. The largest absolute Gasteiger partial charge is 0.480 e. The summed E-state index contributed by atoms with van der Waals surface area (Å²) in [6.45, 7) is 1.32. The van der Waals surface area contributed by atoms with E-state index < -0.39 is 47.9 Å². The number of carbonyl (C=O) groups excluding carboxylic acids is 3. The van der Waals surface area contributed by atoms with Crippen LogP contribution in [0.25, 0.3) is 10.9 Å². The number of thiol groups is 1. The Morgan fingerprint density at radius 1 is 1.03 bits per heavy atom. The first-order chi connectivity index (χ1) is 17.2. The topological polar surface area (TPSA) is 195 Å². The molecule has 0 radical (unpaired) electrons. The van der Waals surface area contributed by atoms with Crippen molar-refractivity contribution in [2.45, 2.75) is 43.9 Å². The number of hydrogen-bond acceptors (Lipinski definition) is 7. The number of carboxylic acid groups (broad SMARTS) is 1. The predicted octanol–water partition coefficient (Wildman–Crippen LogP) is -0.508. The number of amides is 3. The van der Waals surface area contributed by atoms with Gasteiger partial charge in [0.05, 0.1) is 12.4 Å². The molecule has 0 aliphatic rings. The van der Waals surface area contributed by atoms with Crippen LogP contribution in [0.1, 0.15) is 18.2 Å². The first-order valence-corrected chi connectivity index (χ1v) is 11.9. The fourth-order valence-corrected chi connectivity index (χ4v) is 3.73. The average Bonchev–Trinajstić information content (AvgIpc) is 3.52. The Hall–Kier alpha value is -3.84. The highest BCUT2D eigenvalue weighted by molar-refractivity contribution is 7.80. The standard InChI is InChI=1S/C23H29N7O5S/c1-12(23(34)35)28-21(32)18(6-13-8-26-17-5-3-2-4-15(13)17)30-22(33)19(7-14-9-25-11-27-14)29-20(31)16(24)10-36/h2-5,8-9,11-12,16,18-19,26,36H,6-7,10,24H2,1H3,(H,25,27)(H,28,32)(H,29,31)(H,30,33)(H,34,35). The Labute approximate surface area is 212 Å². The molecule has 0 spiro atoms. The Morgan fingerprint density at radius 2 is 1.69 bits per heavy atom. The number of H-pyrrole nitrogens is 2. The zero-order valence-corrected chi connectivity index (χ0v) is 20.4. The summed E-state index contributed by atoms with van der Waals surface area (Å²) in [4.78, 5) is 60.0. The van der Waals surface area contributed by atoms with Crippen molar-refractivity contribution >= 4 is 47.2 Å². The van der Waals surface area contributed by atoms with Crippen molar-refractivity contribution in [3.63, 3.8) is 0 Å². The van der Waals surface area contributed by atoms with Crippen molar-refractivity contribution in [2.75, 3.05) is 5.75 Å². The van der Waals surface area contributed by atoms with Crippen LogP contribution in [0.4, 0.5) is 0 Å². The molecular formula is C23H29N7O5S. The molecule has 0 bridgehead atoms. The molecule has 13 heteroatoms. The Kier molecular flexibility index (Phi) is 9.08. The van der Waals surface area contributed by atoms with Crippen LogP contribution in [0.2, 0.25) is 0 Å². The smallest absolute Gasteiger partial charge is 0.325 e. The molecular weight excluding hydrogens is 486 g/mol. The molecule has 0 aliphatic carbocycles. The third kappa shape index (κ3) is 6.86. The maximum atomic E-state index is 13.3. The van der Waals surface area contributed by atoms with E-state index in [1.807, 2.05) is 24.3 Å². The number of aliphatic carboxylic acids is 1. The normalized spacial score (nSPS) is 14.4. The molecule has 4 unspecified atom stereocenters. The maximum absolute atomic E-state index is 13.3. The second-order valence-corrected chi connectivity index (χ2v) is 8.69. The highest BCUT2D eigenvalue weighted by atomic mass is 32.1. The second kappa shape index (κ2) is 12.2. The molecule has 0 saturated heterocycles. The van der Waals surface area contributed by atoms with Crippen molar-refractivity contribution in [2.24, 2.45) is 5.73 Å². The molecule has 3 amide bonds. The lowest BCUT2D eigenvalue weighted by Crippen LogP contribution is -2.58. The molecule has 0 aliphatic heterocycles. The van der Waals surface area contributed by atoms with E-state index in [0.29, 0.717) is 5.69 Å². The number of nitrogens with one attached hydrogen (secondary N) is 5. The van der Waals surface area contributed by atoms with Gasteiger partial charge in [0, 0.05) is 47.6 Å². The Balaban J connectivity index is 1.85. The summed E-state index contributed by atoms with van der Waals surface area (Å²) in [7, 11) is 0. The number of imidazole rings is 1. The van der Waals surface area contributed by atoms with Crippen molar-refractivity contribution in [1.82, 2.24) is 30.9 Å². The SMILES string of the molecule is CC(NC(=O)C(Cc1c[nH]c2ccccc12)NC(=O)C(Cc1cnc[nH]1)NC(=O)C(N)CS)C(=O)O. The van der Waals surface area contributed by atoms with Crippen LogP contribution in [0.3, 0.4) is 0 Å². The van der Waals surface area contributed by atoms with Gasteiger partial charge >= 0.3 is 5.97 Å². The van der Waals surface area contributed by atoms with E-state index >= 15 is 0 Å². The van der Waals surface area contributed by atoms with Gasteiger partial charge in [0.25, 0.3) is 0 Å². The first kappa shape index (κ1) is 26.8. The number of para-hydroxylation sites is 1. The Morgan fingerprint density at radius 3 is 2.36 bits per heavy atom. The minimum Gasteiger partial charge on any atom is -0.480 e. The molecule has 2 aromatic heterocycles. The summed E-state index contributed by atoms with van der Waals surface area (Å²) in [5, 5.41) is 17.7. The van der Waals surface area contributed by atoms with E-state index in [0.717, 1.165) is 16.5 Å². The van der Waals surface area contributed by atoms with E-state index in [-0.39, 0.29) is 18.6 Å². The summed E-state index contributed by atoms with van der Waals surface area (Å²) >= 11 is 4.02. The lowest BCUT2D eigenvalue weighted by atomic mass is 10.0. The minimum atomic E-state index is -1.22. The zero-order valence-electron chi connectivity index (χ0n) is 19.5. The summed E-state index contributed by atoms with van der Waals surface area (Å²) in [5.41, 5.74) is 7.93. The molecule has 12 nitrogen and oxygen atoms in total. The van der Waals surface area contributed by atoms with Crippen LogP contribution in [0, 0.1) is 0 Å². The Bertz CT molecular complexity index is 1210. The third-order valence-electron chi connectivity index (χ3n) is 5.61. The molecule has 36 heavy (non-hydrogen) atoms. The first-order valence-electron chi connectivity index (χ1n) is 11.2. The molecule has 3 rings (SSSR count). The lowest BCUT2D eigenvalue weighted by molar-refractivity contribution is -0.141. The quantitative estimate of drug-likeness (QED) is 0.149. The second-order valence-electron chi connectivity index (χ2n) is 8.32. The summed E-state index contributed by atoms with van der Waals surface area (Å²) in [5.74, 6) is -3.05. The molecule has 192 valence electrons. The highest BCUT2D eigenvalue weighted by Gasteiger charge is 2.30. The van der Waals surface area contributed by atoms with Gasteiger partial charge in [-0.05, 0) is 18.6 Å². The van der Waals surface area contributed by atoms with Crippen LogP contribution in [0.15, 0.2) is 43.0 Å². The summed E-state index contributed by atoms with van der Waals surface area (Å²) < 4.78 is 0. The van der Waals surface area contributed by atoms with Gasteiger partial charge in [-0.1, -0.05) is 18.2 Å². The van der Waals surface area contributed by atoms with Crippen LogP contribution in [0.5, 0.6) is 0 Å². The highest BCUT2D eigenvalue weighted by Crippen LogP contribution is 2.19. The molecule has 0 fully saturated rings. The van der Waals surface area contributed by atoms with Gasteiger partial charge < -0.3 is 36.8 Å². The maximum Gasteiger partial charge on any atom is 0.325 e. The van der Waals surface area contributed by atoms with Gasteiger partial charge in [-0.25, -0.2) is 4.98 Å². The van der Waals surface area contributed by atoms with Crippen LogP contribution < -0.4 is 21.7 Å². The average molecular weight is 516 g/mol. The lowest BCUT2D eigenvalue weighted by Gasteiger charge is -2.24. The number of hydrogen-bond donors (Lipinski definition) is 8.